The number of rotatable bonds is 6. The second-order valence-corrected chi connectivity index (χ2v) is 8.66. The van der Waals surface area contributed by atoms with Gasteiger partial charge < -0.3 is 14.6 Å². The number of hydrogen-bond donors (Lipinski definition) is 1. The van der Waals surface area contributed by atoms with Crippen molar-refractivity contribution in [2.75, 3.05) is 0 Å². The predicted molar refractivity (Wildman–Crippen MR) is 108 cm³/mol. The van der Waals surface area contributed by atoms with Gasteiger partial charge in [-0.25, -0.2) is 4.39 Å². The maximum atomic E-state index is 14.1. The van der Waals surface area contributed by atoms with Gasteiger partial charge in [0.05, 0.1) is 0 Å². The molecule has 0 unspecified atom stereocenters. The highest BCUT2D eigenvalue weighted by atomic mass is 19.1. The smallest absolute Gasteiger partial charge is 0.303 e. The molecular weight excluding hydrogens is 371 g/mol. The van der Waals surface area contributed by atoms with Gasteiger partial charge in [0, 0.05) is 24.0 Å². The van der Waals surface area contributed by atoms with Gasteiger partial charge in [-0.15, -0.1) is 0 Å². The van der Waals surface area contributed by atoms with Crippen LogP contribution in [-0.4, -0.2) is 16.7 Å². The van der Waals surface area contributed by atoms with E-state index in [0.29, 0.717) is 12.8 Å². The van der Waals surface area contributed by atoms with Gasteiger partial charge in [0.1, 0.15) is 29.5 Å². The molecule has 0 saturated heterocycles. The molecule has 0 atom stereocenters. The first-order chi connectivity index (χ1) is 13.8. The summed E-state index contributed by atoms with van der Waals surface area (Å²) in [6.45, 7) is 4.25. The van der Waals surface area contributed by atoms with Gasteiger partial charge in [-0.3, -0.25) is 4.79 Å². The van der Waals surface area contributed by atoms with Crippen molar-refractivity contribution in [2.24, 2.45) is 0 Å². The molecule has 0 bridgehead atoms. The van der Waals surface area contributed by atoms with Crippen LogP contribution >= 0.6 is 0 Å². The number of fused-ring (bicyclic) bond motifs is 2. The van der Waals surface area contributed by atoms with E-state index < -0.39 is 5.97 Å². The van der Waals surface area contributed by atoms with E-state index in [2.05, 4.69) is 0 Å². The Bertz CT molecular complexity index is 948. The maximum Gasteiger partial charge on any atom is 0.303 e. The fourth-order valence-electron chi connectivity index (χ4n) is 4.53. The Hall–Kier alpha value is -2.56. The number of halogens is 1. The van der Waals surface area contributed by atoms with Crippen molar-refractivity contribution in [1.29, 1.82) is 0 Å². The van der Waals surface area contributed by atoms with E-state index in [0.717, 1.165) is 53.9 Å². The summed E-state index contributed by atoms with van der Waals surface area (Å²) < 4.78 is 26.3. The van der Waals surface area contributed by atoms with Gasteiger partial charge in [0.25, 0.3) is 0 Å². The molecule has 2 aliphatic rings. The third kappa shape index (κ3) is 4.24. The summed E-state index contributed by atoms with van der Waals surface area (Å²) in [5.74, 6) is 0.504. The lowest BCUT2D eigenvalue weighted by atomic mass is 9.86. The van der Waals surface area contributed by atoms with Crippen LogP contribution in [0.4, 0.5) is 4.39 Å². The number of carbonyl (C=O) groups is 1. The molecular formula is C24H27FO4. The van der Waals surface area contributed by atoms with E-state index in [1.165, 1.54) is 17.2 Å². The molecule has 1 aliphatic carbocycles. The molecule has 29 heavy (non-hydrogen) atoms. The Morgan fingerprint density at radius 1 is 1.17 bits per heavy atom. The van der Waals surface area contributed by atoms with E-state index in [4.69, 9.17) is 14.6 Å². The van der Waals surface area contributed by atoms with E-state index in [1.54, 1.807) is 6.07 Å². The lowest BCUT2D eigenvalue weighted by Crippen LogP contribution is -2.25. The molecule has 0 spiro atoms. The number of hydrogen-bond acceptors (Lipinski definition) is 3. The molecule has 0 saturated carbocycles. The van der Waals surface area contributed by atoms with Crippen LogP contribution in [-0.2, 0) is 37.1 Å². The Balaban J connectivity index is 1.58. The largest absolute Gasteiger partial charge is 0.488 e. The summed E-state index contributed by atoms with van der Waals surface area (Å²) in [4.78, 5) is 11.0. The molecule has 1 aliphatic heterocycles. The van der Waals surface area contributed by atoms with Gasteiger partial charge in [-0.1, -0.05) is 6.07 Å². The first kappa shape index (κ1) is 19.7. The average molecular weight is 398 g/mol. The van der Waals surface area contributed by atoms with Gasteiger partial charge in [0.2, 0.25) is 0 Å². The Labute approximate surface area is 170 Å². The van der Waals surface area contributed by atoms with Gasteiger partial charge >= 0.3 is 5.97 Å². The maximum absolute atomic E-state index is 14.1. The third-order valence-electron chi connectivity index (χ3n) is 5.78. The lowest BCUT2D eigenvalue weighted by molar-refractivity contribution is -0.136. The summed E-state index contributed by atoms with van der Waals surface area (Å²) in [5, 5.41) is 9.01. The van der Waals surface area contributed by atoms with Crippen LogP contribution in [0.5, 0.6) is 11.5 Å². The van der Waals surface area contributed by atoms with Crippen molar-refractivity contribution in [3.05, 3.63) is 57.9 Å². The second kappa shape index (κ2) is 7.69. The van der Waals surface area contributed by atoms with Crippen molar-refractivity contribution in [1.82, 2.24) is 0 Å². The average Bonchev–Trinajstić information content (AvgIpc) is 2.98. The lowest BCUT2D eigenvalue weighted by Gasteiger charge is -2.23. The predicted octanol–water partition coefficient (Wildman–Crippen LogP) is 5.01. The number of aliphatic carboxylic acids is 1. The van der Waals surface area contributed by atoms with Crippen LogP contribution in [0.1, 0.15) is 60.9 Å². The van der Waals surface area contributed by atoms with Crippen molar-refractivity contribution in [2.45, 2.75) is 71.0 Å². The number of carboxylic acids is 1. The van der Waals surface area contributed by atoms with E-state index >= 15 is 0 Å². The standard InChI is InChI=1S/C24H27FO4/c1-24(2)13-16-11-18(25)12-17(23(16)29-24)14-28-21-9-7-15(8-10-22(26)27)19-5-3-4-6-20(19)21/h7,9,11-12H,3-6,8,10,13-14H2,1-2H3,(H,26,27). The first-order valence-electron chi connectivity index (χ1n) is 10.3. The molecule has 2 aromatic rings. The van der Waals surface area contributed by atoms with Gasteiger partial charge in [-0.2, -0.15) is 0 Å². The normalized spacial score (nSPS) is 16.7. The van der Waals surface area contributed by atoms with Crippen LogP contribution in [0.3, 0.4) is 0 Å². The fourth-order valence-corrected chi connectivity index (χ4v) is 4.53. The number of carboxylic acid groups (broad SMARTS) is 1. The zero-order chi connectivity index (χ0) is 20.6. The molecule has 0 radical (unpaired) electrons. The summed E-state index contributed by atoms with van der Waals surface area (Å²) >= 11 is 0. The molecule has 0 fully saturated rings. The molecule has 1 N–H and O–H groups in total. The summed E-state index contributed by atoms with van der Waals surface area (Å²) in [5.41, 5.74) is 4.79. The van der Waals surface area contributed by atoms with Crippen molar-refractivity contribution in [3.63, 3.8) is 0 Å². The monoisotopic (exact) mass is 398 g/mol. The van der Waals surface area contributed by atoms with Crippen LogP contribution in [0.2, 0.25) is 0 Å². The molecule has 5 heteroatoms. The Morgan fingerprint density at radius 2 is 1.93 bits per heavy atom. The zero-order valence-corrected chi connectivity index (χ0v) is 17.0. The van der Waals surface area contributed by atoms with E-state index in [9.17, 15) is 9.18 Å². The molecule has 1 heterocycles. The quantitative estimate of drug-likeness (QED) is 0.743. The van der Waals surface area contributed by atoms with Crippen LogP contribution in [0, 0.1) is 5.82 Å². The number of benzene rings is 2. The van der Waals surface area contributed by atoms with Crippen molar-refractivity contribution >= 4 is 5.97 Å². The van der Waals surface area contributed by atoms with Crippen LogP contribution < -0.4 is 9.47 Å². The summed E-state index contributed by atoms with van der Waals surface area (Å²) in [6.07, 6.45) is 5.44. The SMILES string of the molecule is CC1(C)Cc2cc(F)cc(COc3ccc(CCC(=O)O)c4c3CCCC4)c2O1. The van der Waals surface area contributed by atoms with E-state index in [1.807, 2.05) is 26.0 Å². The highest BCUT2D eigenvalue weighted by Crippen LogP contribution is 2.39. The highest BCUT2D eigenvalue weighted by molar-refractivity contribution is 5.67. The topological polar surface area (TPSA) is 55.8 Å². The van der Waals surface area contributed by atoms with Gasteiger partial charge in [0.15, 0.2) is 0 Å². The summed E-state index contributed by atoms with van der Waals surface area (Å²) in [7, 11) is 0. The minimum atomic E-state index is -0.780. The summed E-state index contributed by atoms with van der Waals surface area (Å²) in [6, 6.07) is 6.96. The van der Waals surface area contributed by atoms with Crippen molar-refractivity contribution < 1.29 is 23.8 Å². The fraction of sp³-hybridized carbons (Fsp3) is 0.458. The molecule has 0 amide bonds. The van der Waals surface area contributed by atoms with Crippen LogP contribution in [0.25, 0.3) is 0 Å². The van der Waals surface area contributed by atoms with E-state index in [-0.39, 0.29) is 24.4 Å². The second-order valence-electron chi connectivity index (χ2n) is 8.66. The van der Waals surface area contributed by atoms with Crippen molar-refractivity contribution in [3.8, 4) is 11.5 Å². The Kier molecular flexibility index (Phi) is 5.24. The first-order valence-corrected chi connectivity index (χ1v) is 10.3. The molecule has 0 aromatic heterocycles. The number of aryl methyl sites for hydroxylation is 1. The molecule has 154 valence electrons. The molecule has 2 aromatic carbocycles. The minimum Gasteiger partial charge on any atom is -0.488 e. The molecule has 4 nitrogen and oxygen atoms in total. The highest BCUT2D eigenvalue weighted by Gasteiger charge is 2.32. The third-order valence-corrected chi connectivity index (χ3v) is 5.78. The molecule has 4 rings (SSSR count). The number of ether oxygens (including phenoxy) is 2. The van der Waals surface area contributed by atoms with Crippen LogP contribution in [0.15, 0.2) is 24.3 Å². The zero-order valence-electron chi connectivity index (χ0n) is 17.0. The van der Waals surface area contributed by atoms with Gasteiger partial charge in [-0.05, 0) is 80.8 Å². The minimum absolute atomic E-state index is 0.134. The Morgan fingerprint density at radius 3 is 2.69 bits per heavy atom.